The second-order valence-corrected chi connectivity index (χ2v) is 3.52. The minimum atomic E-state index is -0.428. The third kappa shape index (κ3) is 4.94. The SMILES string of the molecule is CCOC(CCc1ccccc1)OC(C)=O. The molecule has 0 aliphatic heterocycles. The fourth-order valence-electron chi connectivity index (χ4n) is 1.48. The van der Waals surface area contributed by atoms with E-state index in [1.807, 2.05) is 25.1 Å². The van der Waals surface area contributed by atoms with Crippen LogP contribution < -0.4 is 0 Å². The molecule has 0 N–H and O–H groups in total. The van der Waals surface area contributed by atoms with Gasteiger partial charge in [-0.05, 0) is 18.9 Å². The van der Waals surface area contributed by atoms with Gasteiger partial charge in [-0.3, -0.25) is 4.79 Å². The molecular formula is C13H18O3. The first-order chi connectivity index (χ1) is 7.72. The number of rotatable bonds is 6. The van der Waals surface area contributed by atoms with Gasteiger partial charge in [-0.15, -0.1) is 0 Å². The largest absolute Gasteiger partial charge is 0.436 e. The fraction of sp³-hybridized carbons (Fsp3) is 0.462. The molecule has 0 saturated heterocycles. The van der Waals surface area contributed by atoms with Gasteiger partial charge in [0.05, 0.1) is 0 Å². The van der Waals surface area contributed by atoms with Gasteiger partial charge in [-0.1, -0.05) is 30.3 Å². The maximum Gasteiger partial charge on any atom is 0.304 e. The molecule has 0 heterocycles. The molecule has 1 atom stereocenters. The zero-order valence-corrected chi connectivity index (χ0v) is 9.81. The average molecular weight is 222 g/mol. The lowest BCUT2D eigenvalue weighted by atomic mass is 10.1. The Morgan fingerprint density at radius 2 is 2.00 bits per heavy atom. The number of esters is 1. The van der Waals surface area contributed by atoms with Crippen LogP contribution >= 0.6 is 0 Å². The summed E-state index contributed by atoms with van der Waals surface area (Å²) in [5, 5.41) is 0. The number of carbonyl (C=O) groups is 1. The number of hydrogen-bond acceptors (Lipinski definition) is 3. The molecule has 0 aliphatic carbocycles. The summed E-state index contributed by atoms with van der Waals surface area (Å²) in [5.74, 6) is -0.300. The van der Waals surface area contributed by atoms with E-state index in [4.69, 9.17) is 9.47 Å². The van der Waals surface area contributed by atoms with Crippen molar-refractivity contribution in [1.82, 2.24) is 0 Å². The molecule has 1 rings (SSSR count). The monoisotopic (exact) mass is 222 g/mol. The van der Waals surface area contributed by atoms with Gasteiger partial charge in [0.25, 0.3) is 0 Å². The van der Waals surface area contributed by atoms with Crippen molar-refractivity contribution in [1.29, 1.82) is 0 Å². The molecule has 1 aromatic carbocycles. The van der Waals surface area contributed by atoms with E-state index in [9.17, 15) is 4.79 Å². The first-order valence-corrected chi connectivity index (χ1v) is 5.55. The van der Waals surface area contributed by atoms with Gasteiger partial charge >= 0.3 is 5.97 Å². The van der Waals surface area contributed by atoms with E-state index in [-0.39, 0.29) is 5.97 Å². The highest BCUT2D eigenvalue weighted by atomic mass is 16.7. The van der Waals surface area contributed by atoms with Crippen LogP contribution in [0.3, 0.4) is 0 Å². The summed E-state index contributed by atoms with van der Waals surface area (Å²) in [7, 11) is 0. The zero-order valence-electron chi connectivity index (χ0n) is 9.81. The number of benzene rings is 1. The topological polar surface area (TPSA) is 35.5 Å². The van der Waals surface area contributed by atoms with Gasteiger partial charge in [0.1, 0.15) is 0 Å². The van der Waals surface area contributed by atoms with Crippen LogP contribution in [0.5, 0.6) is 0 Å². The van der Waals surface area contributed by atoms with Crippen molar-refractivity contribution in [3.63, 3.8) is 0 Å². The molecule has 3 nitrogen and oxygen atoms in total. The van der Waals surface area contributed by atoms with E-state index >= 15 is 0 Å². The molecule has 0 spiro atoms. The van der Waals surface area contributed by atoms with Crippen LogP contribution in [0.4, 0.5) is 0 Å². The summed E-state index contributed by atoms with van der Waals surface area (Å²) in [6.45, 7) is 3.83. The maximum absolute atomic E-state index is 10.8. The van der Waals surface area contributed by atoms with Crippen LogP contribution in [0.25, 0.3) is 0 Å². The second kappa shape index (κ2) is 7.01. The van der Waals surface area contributed by atoms with Gasteiger partial charge in [0, 0.05) is 20.0 Å². The van der Waals surface area contributed by atoms with Crippen molar-refractivity contribution in [2.45, 2.75) is 33.0 Å². The lowest BCUT2D eigenvalue weighted by Crippen LogP contribution is -2.20. The molecule has 1 unspecified atom stereocenters. The van der Waals surface area contributed by atoms with Crippen molar-refractivity contribution < 1.29 is 14.3 Å². The smallest absolute Gasteiger partial charge is 0.304 e. The molecule has 16 heavy (non-hydrogen) atoms. The van der Waals surface area contributed by atoms with Crippen molar-refractivity contribution in [2.24, 2.45) is 0 Å². The van der Waals surface area contributed by atoms with Crippen molar-refractivity contribution in [2.75, 3.05) is 6.61 Å². The van der Waals surface area contributed by atoms with Crippen molar-refractivity contribution in [3.05, 3.63) is 35.9 Å². The normalized spacial score (nSPS) is 12.1. The highest BCUT2D eigenvalue weighted by Gasteiger charge is 2.11. The molecule has 0 bridgehead atoms. The molecule has 0 aliphatic rings. The highest BCUT2D eigenvalue weighted by molar-refractivity contribution is 5.66. The Kier molecular flexibility index (Phi) is 5.57. The van der Waals surface area contributed by atoms with Crippen LogP contribution in [0.1, 0.15) is 25.8 Å². The molecule has 0 saturated carbocycles. The lowest BCUT2D eigenvalue weighted by Gasteiger charge is -2.16. The van der Waals surface area contributed by atoms with Gasteiger partial charge in [-0.25, -0.2) is 0 Å². The zero-order chi connectivity index (χ0) is 11.8. The average Bonchev–Trinajstić information content (AvgIpc) is 2.27. The Balaban J connectivity index is 2.40. The Bertz CT molecular complexity index is 308. The summed E-state index contributed by atoms with van der Waals surface area (Å²) in [6, 6.07) is 10.1. The second-order valence-electron chi connectivity index (χ2n) is 3.52. The van der Waals surface area contributed by atoms with Gasteiger partial charge in [0.2, 0.25) is 6.29 Å². The molecular weight excluding hydrogens is 204 g/mol. The molecule has 3 heteroatoms. The van der Waals surface area contributed by atoms with E-state index in [0.717, 1.165) is 6.42 Å². The minimum Gasteiger partial charge on any atom is -0.436 e. The van der Waals surface area contributed by atoms with Crippen LogP contribution in [-0.2, 0) is 20.7 Å². The molecule has 1 aromatic rings. The van der Waals surface area contributed by atoms with E-state index in [0.29, 0.717) is 13.0 Å². The third-order valence-electron chi connectivity index (χ3n) is 2.16. The molecule has 0 radical (unpaired) electrons. The Morgan fingerprint density at radius 3 is 2.56 bits per heavy atom. The van der Waals surface area contributed by atoms with Crippen molar-refractivity contribution >= 4 is 5.97 Å². The number of carbonyl (C=O) groups excluding carboxylic acids is 1. The summed E-state index contributed by atoms with van der Waals surface area (Å²) in [4.78, 5) is 10.8. The minimum absolute atomic E-state index is 0.300. The lowest BCUT2D eigenvalue weighted by molar-refractivity contribution is -0.176. The van der Waals surface area contributed by atoms with E-state index < -0.39 is 6.29 Å². The van der Waals surface area contributed by atoms with Crippen LogP contribution in [-0.4, -0.2) is 18.9 Å². The third-order valence-corrected chi connectivity index (χ3v) is 2.16. The van der Waals surface area contributed by atoms with Gasteiger partial charge < -0.3 is 9.47 Å². The van der Waals surface area contributed by atoms with Crippen molar-refractivity contribution in [3.8, 4) is 0 Å². The van der Waals surface area contributed by atoms with Crippen LogP contribution in [0.2, 0.25) is 0 Å². The standard InChI is InChI=1S/C13H18O3/c1-3-15-13(16-11(2)14)10-9-12-7-5-4-6-8-12/h4-8,13H,3,9-10H2,1-2H3. The molecule has 0 fully saturated rings. The van der Waals surface area contributed by atoms with Crippen LogP contribution in [0, 0.1) is 0 Å². The molecule has 0 aromatic heterocycles. The summed E-state index contributed by atoms with van der Waals surface area (Å²) in [5.41, 5.74) is 1.22. The van der Waals surface area contributed by atoms with E-state index in [2.05, 4.69) is 12.1 Å². The number of ether oxygens (including phenoxy) is 2. The van der Waals surface area contributed by atoms with E-state index in [1.54, 1.807) is 0 Å². The van der Waals surface area contributed by atoms with Crippen LogP contribution in [0.15, 0.2) is 30.3 Å². The number of hydrogen-bond donors (Lipinski definition) is 0. The predicted molar refractivity (Wildman–Crippen MR) is 61.9 cm³/mol. The maximum atomic E-state index is 10.8. The first kappa shape index (κ1) is 12.7. The van der Waals surface area contributed by atoms with Gasteiger partial charge in [0.15, 0.2) is 0 Å². The Morgan fingerprint density at radius 1 is 1.31 bits per heavy atom. The Labute approximate surface area is 96.4 Å². The fourth-order valence-corrected chi connectivity index (χ4v) is 1.48. The summed E-state index contributed by atoms with van der Waals surface area (Å²) < 4.78 is 10.4. The number of aryl methyl sites for hydroxylation is 1. The predicted octanol–water partition coefficient (Wildman–Crippen LogP) is 2.54. The van der Waals surface area contributed by atoms with Gasteiger partial charge in [-0.2, -0.15) is 0 Å². The summed E-state index contributed by atoms with van der Waals surface area (Å²) in [6.07, 6.45) is 1.11. The first-order valence-electron chi connectivity index (χ1n) is 5.55. The summed E-state index contributed by atoms with van der Waals surface area (Å²) >= 11 is 0. The highest BCUT2D eigenvalue weighted by Crippen LogP contribution is 2.08. The Hall–Kier alpha value is -1.35. The quantitative estimate of drug-likeness (QED) is 0.548. The van der Waals surface area contributed by atoms with E-state index in [1.165, 1.54) is 12.5 Å². The molecule has 88 valence electrons. The molecule has 0 amide bonds.